The van der Waals surface area contributed by atoms with E-state index in [9.17, 15) is 21.6 Å². The molecule has 0 saturated heterocycles. The highest BCUT2D eigenvalue weighted by Gasteiger charge is 2.19. The van der Waals surface area contributed by atoms with Gasteiger partial charge in [-0.15, -0.1) is 0 Å². The first-order chi connectivity index (χ1) is 12.5. The van der Waals surface area contributed by atoms with E-state index >= 15 is 0 Å². The van der Waals surface area contributed by atoms with Crippen molar-refractivity contribution in [2.75, 3.05) is 25.2 Å². The van der Waals surface area contributed by atoms with Crippen molar-refractivity contribution in [3.63, 3.8) is 0 Å². The smallest absolute Gasteiger partial charge is 0.242 e. The number of carbonyl (C=O) groups excluding carboxylic acids is 1. The molecule has 2 rings (SSSR count). The van der Waals surface area contributed by atoms with Crippen LogP contribution in [0.1, 0.15) is 12.0 Å². The molecule has 0 aromatic heterocycles. The van der Waals surface area contributed by atoms with Crippen molar-refractivity contribution in [1.29, 1.82) is 0 Å². The minimum atomic E-state index is -3.62. The Labute approximate surface area is 160 Å². The molecule has 0 aliphatic heterocycles. The fourth-order valence-corrected chi connectivity index (χ4v) is 4.45. The maximum atomic E-state index is 12.3. The predicted molar refractivity (Wildman–Crippen MR) is 104 cm³/mol. The summed E-state index contributed by atoms with van der Waals surface area (Å²) >= 11 is 0. The Morgan fingerprint density at radius 2 is 1.59 bits per heavy atom. The zero-order valence-corrected chi connectivity index (χ0v) is 17.0. The second kappa shape index (κ2) is 8.20. The summed E-state index contributed by atoms with van der Waals surface area (Å²) in [6, 6.07) is 12.2. The minimum absolute atomic E-state index is 0.0394. The molecule has 0 bridgehead atoms. The van der Waals surface area contributed by atoms with Gasteiger partial charge in [0.05, 0.1) is 15.5 Å². The monoisotopic (exact) mass is 410 g/mol. The van der Waals surface area contributed by atoms with Gasteiger partial charge in [0, 0.05) is 26.2 Å². The first-order valence-corrected chi connectivity index (χ1v) is 11.2. The van der Waals surface area contributed by atoms with E-state index in [0.717, 1.165) is 9.87 Å². The lowest BCUT2D eigenvalue weighted by Crippen LogP contribution is -2.22. The number of anilines is 1. The average molecular weight is 411 g/mol. The molecule has 0 spiro atoms. The second-order valence-electron chi connectivity index (χ2n) is 6.25. The number of hydrogen-bond acceptors (Lipinski definition) is 5. The van der Waals surface area contributed by atoms with Gasteiger partial charge in [0.2, 0.25) is 15.9 Å². The number of benzene rings is 2. The van der Waals surface area contributed by atoms with E-state index < -0.39 is 25.8 Å². The molecule has 0 aliphatic carbocycles. The number of carbonyl (C=O) groups is 1. The molecule has 1 N–H and O–H groups in total. The Hall–Kier alpha value is -2.23. The molecule has 0 unspecified atom stereocenters. The van der Waals surface area contributed by atoms with Gasteiger partial charge in [-0.2, -0.15) is 0 Å². The van der Waals surface area contributed by atoms with Crippen LogP contribution in [-0.2, 0) is 24.7 Å². The van der Waals surface area contributed by atoms with Crippen LogP contribution >= 0.6 is 0 Å². The van der Waals surface area contributed by atoms with Gasteiger partial charge in [-0.25, -0.2) is 21.1 Å². The molecule has 27 heavy (non-hydrogen) atoms. The van der Waals surface area contributed by atoms with Gasteiger partial charge in [-0.3, -0.25) is 4.79 Å². The third kappa shape index (κ3) is 5.38. The van der Waals surface area contributed by atoms with E-state index in [-0.39, 0.29) is 27.7 Å². The van der Waals surface area contributed by atoms with Crippen LogP contribution in [-0.4, -0.2) is 46.9 Å². The van der Waals surface area contributed by atoms with Gasteiger partial charge in [0.25, 0.3) is 0 Å². The molecule has 0 atom stereocenters. The van der Waals surface area contributed by atoms with Crippen molar-refractivity contribution in [2.45, 2.75) is 23.1 Å². The van der Waals surface area contributed by atoms with Gasteiger partial charge in [0.15, 0.2) is 9.84 Å². The topological polar surface area (TPSA) is 101 Å². The molecule has 1 amide bonds. The second-order valence-corrected chi connectivity index (χ2v) is 10.5. The average Bonchev–Trinajstić information content (AvgIpc) is 2.60. The van der Waals surface area contributed by atoms with Crippen molar-refractivity contribution < 1.29 is 21.6 Å². The normalized spacial score (nSPS) is 12.1. The van der Waals surface area contributed by atoms with E-state index in [2.05, 4.69) is 5.32 Å². The maximum absolute atomic E-state index is 12.3. The lowest BCUT2D eigenvalue weighted by atomic mass is 10.2. The van der Waals surface area contributed by atoms with Gasteiger partial charge in [0.1, 0.15) is 0 Å². The first kappa shape index (κ1) is 21.1. The molecule has 146 valence electrons. The third-order valence-corrected chi connectivity index (χ3v) is 7.42. The third-order valence-electron chi connectivity index (χ3n) is 3.87. The first-order valence-electron chi connectivity index (χ1n) is 8.14. The summed E-state index contributed by atoms with van der Waals surface area (Å²) in [5, 5.41) is 2.54. The fourth-order valence-electron chi connectivity index (χ4n) is 2.26. The summed E-state index contributed by atoms with van der Waals surface area (Å²) < 4.78 is 49.9. The fraction of sp³-hybridized carbons (Fsp3) is 0.278. The lowest BCUT2D eigenvalue weighted by Gasteiger charge is -2.12. The summed E-state index contributed by atoms with van der Waals surface area (Å²) in [5.41, 5.74) is 1.23. The standard InChI is InChI=1S/C18H22N2O5S2/c1-14-7-9-16(10-8-14)26(22,23)12-11-18(21)19-15-5-4-6-17(13-15)27(24,25)20(2)3/h4-10,13H,11-12H2,1-3H3,(H,19,21). The van der Waals surface area contributed by atoms with Crippen molar-refractivity contribution in [2.24, 2.45) is 0 Å². The quantitative estimate of drug-likeness (QED) is 0.753. The van der Waals surface area contributed by atoms with E-state index in [1.165, 1.54) is 44.4 Å². The number of nitrogens with zero attached hydrogens (tertiary/aromatic N) is 1. The van der Waals surface area contributed by atoms with E-state index in [1.807, 2.05) is 6.92 Å². The Balaban J connectivity index is 2.05. The predicted octanol–water partition coefficient (Wildman–Crippen LogP) is 2.05. The summed E-state index contributed by atoms with van der Waals surface area (Å²) in [6.07, 6.45) is -0.235. The number of sulfonamides is 1. The maximum Gasteiger partial charge on any atom is 0.242 e. The molecule has 2 aromatic rings. The van der Waals surface area contributed by atoms with Crippen molar-refractivity contribution >= 4 is 31.5 Å². The Kier molecular flexibility index (Phi) is 6.40. The number of aryl methyl sites for hydroxylation is 1. The van der Waals surface area contributed by atoms with Gasteiger partial charge in [-0.05, 0) is 37.3 Å². The summed E-state index contributed by atoms with van der Waals surface area (Å²) in [6.45, 7) is 1.86. The van der Waals surface area contributed by atoms with Gasteiger partial charge >= 0.3 is 0 Å². The molecular formula is C18H22N2O5S2. The lowest BCUT2D eigenvalue weighted by molar-refractivity contribution is -0.115. The van der Waals surface area contributed by atoms with Crippen LogP contribution in [0.25, 0.3) is 0 Å². The highest BCUT2D eigenvalue weighted by molar-refractivity contribution is 7.91. The minimum Gasteiger partial charge on any atom is -0.326 e. The van der Waals surface area contributed by atoms with E-state index in [4.69, 9.17) is 0 Å². The number of rotatable bonds is 7. The number of amides is 1. The summed E-state index contributed by atoms with van der Waals surface area (Å²) in [7, 11) is -4.37. The van der Waals surface area contributed by atoms with Crippen molar-refractivity contribution in [1.82, 2.24) is 4.31 Å². The van der Waals surface area contributed by atoms with Crippen LogP contribution in [0.5, 0.6) is 0 Å². The van der Waals surface area contributed by atoms with Crippen molar-refractivity contribution in [3.8, 4) is 0 Å². The summed E-state index contributed by atoms with van der Waals surface area (Å²) in [5.74, 6) is -0.845. The zero-order chi connectivity index (χ0) is 20.2. The Morgan fingerprint density at radius 3 is 2.19 bits per heavy atom. The highest BCUT2D eigenvalue weighted by atomic mass is 32.2. The number of sulfone groups is 1. The Morgan fingerprint density at radius 1 is 0.963 bits per heavy atom. The van der Waals surface area contributed by atoms with Gasteiger partial charge in [-0.1, -0.05) is 23.8 Å². The molecule has 0 fully saturated rings. The van der Waals surface area contributed by atoms with Crippen molar-refractivity contribution in [3.05, 3.63) is 54.1 Å². The number of hydrogen-bond donors (Lipinski definition) is 1. The van der Waals surface area contributed by atoms with E-state index in [1.54, 1.807) is 18.2 Å². The van der Waals surface area contributed by atoms with Crippen LogP contribution in [0.3, 0.4) is 0 Å². The molecule has 0 heterocycles. The zero-order valence-electron chi connectivity index (χ0n) is 15.3. The van der Waals surface area contributed by atoms with Crippen LogP contribution < -0.4 is 5.32 Å². The van der Waals surface area contributed by atoms with Crippen LogP contribution in [0.2, 0.25) is 0 Å². The van der Waals surface area contributed by atoms with Gasteiger partial charge < -0.3 is 5.32 Å². The van der Waals surface area contributed by atoms with E-state index in [0.29, 0.717) is 0 Å². The van der Waals surface area contributed by atoms with Crippen LogP contribution in [0.4, 0.5) is 5.69 Å². The largest absolute Gasteiger partial charge is 0.326 e. The molecule has 9 heteroatoms. The Bertz CT molecular complexity index is 1030. The molecule has 0 saturated carbocycles. The number of nitrogens with one attached hydrogen (secondary N) is 1. The molecule has 0 radical (unpaired) electrons. The molecular weight excluding hydrogens is 388 g/mol. The SMILES string of the molecule is Cc1ccc(S(=O)(=O)CCC(=O)Nc2cccc(S(=O)(=O)N(C)C)c2)cc1. The molecule has 2 aromatic carbocycles. The van der Waals surface area contributed by atoms with Crippen LogP contribution in [0, 0.1) is 6.92 Å². The summed E-state index contributed by atoms with van der Waals surface area (Å²) in [4.78, 5) is 12.3. The molecule has 7 nitrogen and oxygen atoms in total. The van der Waals surface area contributed by atoms with Crippen LogP contribution in [0.15, 0.2) is 58.3 Å². The molecule has 0 aliphatic rings. The highest BCUT2D eigenvalue weighted by Crippen LogP contribution is 2.18.